The number of aryl methyl sites for hydroxylation is 1. The van der Waals surface area contributed by atoms with Gasteiger partial charge in [0.1, 0.15) is 6.61 Å². The zero-order valence-electron chi connectivity index (χ0n) is 15.8. The van der Waals surface area contributed by atoms with Crippen molar-refractivity contribution in [3.63, 3.8) is 0 Å². The summed E-state index contributed by atoms with van der Waals surface area (Å²) in [5.74, 6) is -0.937. The van der Waals surface area contributed by atoms with E-state index in [1.54, 1.807) is 0 Å². The number of rotatable bonds is 7. The number of benzene rings is 2. The number of hydrogen-bond acceptors (Lipinski definition) is 3. The Labute approximate surface area is 161 Å². The molecule has 0 spiro atoms. The molecule has 27 heavy (non-hydrogen) atoms. The summed E-state index contributed by atoms with van der Waals surface area (Å²) >= 11 is 0. The van der Waals surface area contributed by atoms with Gasteiger partial charge in [0.05, 0.1) is 12.2 Å². The Morgan fingerprint density at radius 3 is 2.67 bits per heavy atom. The standard InChI is InChI=1S/C23H27NO3/c1-18-8-5-6-12-21(18)22(19-9-3-2-4-10-19)17-27-15-14-24-13-7-11-20(16-24)23(25)26/h2-6,8-10,12,17,20H,7,11,13-16H2,1H3,(H,25,26)/b22-17+/t20-/m1/s1. The fourth-order valence-corrected chi connectivity index (χ4v) is 3.56. The lowest BCUT2D eigenvalue weighted by atomic mass is 9.95. The molecular weight excluding hydrogens is 338 g/mol. The lowest BCUT2D eigenvalue weighted by molar-refractivity contribution is -0.143. The predicted molar refractivity (Wildman–Crippen MR) is 107 cm³/mol. The van der Waals surface area contributed by atoms with Crippen LogP contribution < -0.4 is 0 Å². The van der Waals surface area contributed by atoms with Crippen molar-refractivity contribution in [1.29, 1.82) is 0 Å². The summed E-state index contributed by atoms with van der Waals surface area (Å²) in [6, 6.07) is 18.5. The van der Waals surface area contributed by atoms with E-state index < -0.39 is 5.97 Å². The van der Waals surface area contributed by atoms with Crippen LogP contribution in [0.4, 0.5) is 0 Å². The van der Waals surface area contributed by atoms with Gasteiger partial charge in [0.2, 0.25) is 0 Å². The second kappa shape index (κ2) is 9.38. The third-order valence-electron chi connectivity index (χ3n) is 5.10. The Morgan fingerprint density at radius 2 is 1.93 bits per heavy atom. The van der Waals surface area contributed by atoms with E-state index in [0.717, 1.165) is 42.6 Å². The van der Waals surface area contributed by atoms with Gasteiger partial charge in [0.25, 0.3) is 0 Å². The highest BCUT2D eigenvalue weighted by Crippen LogP contribution is 2.26. The Morgan fingerprint density at radius 1 is 1.19 bits per heavy atom. The number of likely N-dealkylation sites (tertiary alicyclic amines) is 1. The summed E-state index contributed by atoms with van der Waals surface area (Å²) in [5, 5.41) is 9.21. The number of aliphatic carboxylic acids is 1. The lowest BCUT2D eigenvalue weighted by Gasteiger charge is -2.30. The average Bonchev–Trinajstić information content (AvgIpc) is 2.70. The van der Waals surface area contributed by atoms with Crippen molar-refractivity contribution in [3.8, 4) is 0 Å². The first-order valence-electron chi connectivity index (χ1n) is 9.53. The third kappa shape index (κ3) is 5.20. The molecule has 0 unspecified atom stereocenters. The van der Waals surface area contributed by atoms with Crippen LogP contribution in [0.25, 0.3) is 5.57 Å². The van der Waals surface area contributed by atoms with Crippen LogP contribution in [0.15, 0.2) is 60.9 Å². The molecule has 1 atom stereocenters. The third-order valence-corrected chi connectivity index (χ3v) is 5.10. The minimum atomic E-state index is -0.688. The van der Waals surface area contributed by atoms with Gasteiger partial charge in [-0.2, -0.15) is 0 Å². The number of piperidine rings is 1. The first-order valence-corrected chi connectivity index (χ1v) is 9.53. The molecule has 1 heterocycles. The van der Waals surface area contributed by atoms with Gasteiger partial charge in [-0.05, 0) is 43.0 Å². The molecule has 0 aliphatic carbocycles. The van der Waals surface area contributed by atoms with E-state index in [9.17, 15) is 9.90 Å². The maximum absolute atomic E-state index is 11.2. The van der Waals surface area contributed by atoms with Gasteiger partial charge in [-0.1, -0.05) is 54.6 Å². The van der Waals surface area contributed by atoms with Gasteiger partial charge in [-0.15, -0.1) is 0 Å². The van der Waals surface area contributed by atoms with Gasteiger partial charge in [-0.3, -0.25) is 9.69 Å². The largest absolute Gasteiger partial charge is 0.499 e. The smallest absolute Gasteiger partial charge is 0.307 e. The molecule has 1 N–H and O–H groups in total. The van der Waals surface area contributed by atoms with Gasteiger partial charge in [0, 0.05) is 18.7 Å². The van der Waals surface area contributed by atoms with Crippen LogP contribution in [-0.2, 0) is 9.53 Å². The number of ether oxygens (including phenoxy) is 1. The molecule has 0 aromatic heterocycles. The number of carbonyl (C=O) groups is 1. The molecule has 2 aromatic rings. The topological polar surface area (TPSA) is 49.8 Å². The highest BCUT2D eigenvalue weighted by Gasteiger charge is 2.24. The van der Waals surface area contributed by atoms with Crippen molar-refractivity contribution in [3.05, 3.63) is 77.5 Å². The molecule has 1 aliphatic rings. The molecule has 4 heteroatoms. The summed E-state index contributed by atoms with van der Waals surface area (Å²) in [5.41, 5.74) is 4.55. The zero-order chi connectivity index (χ0) is 19.1. The van der Waals surface area contributed by atoms with Crippen LogP contribution in [0.1, 0.15) is 29.5 Å². The molecule has 1 saturated heterocycles. The molecule has 142 valence electrons. The first-order chi connectivity index (χ1) is 13.1. The van der Waals surface area contributed by atoms with Crippen molar-refractivity contribution in [2.75, 3.05) is 26.2 Å². The number of carboxylic acids is 1. The average molecular weight is 365 g/mol. The van der Waals surface area contributed by atoms with Crippen molar-refractivity contribution in [1.82, 2.24) is 4.90 Å². The fourth-order valence-electron chi connectivity index (χ4n) is 3.56. The highest BCUT2D eigenvalue weighted by molar-refractivity contribution is 5.80. The maximum Gasteiger partial charge on any atom is 0.307 e. The maximum atomic E-state index is 11.2. The number of nitrogens with zero attached hydrogens (tertiary/aromatic N) is 1. The molecule has 0 saturated carbocycles. The van der Waals surface area contributed by atoms with Crippen molar-refractivity contribution in [2.45, 2.75) is 19.8 Å². The quantitative estimate of drug-likeness (QED) is 0.590. The molecule has 0 bridgehead atoms. The molecule has 2 aromatic carbocycles. The predicted octanol–water partition coefficient (Wildman–Crippen LogP) is 4.20. The monoisotopic (exact) mass is 365 g/mol. The van der Waals surface area contributed by atoms with E-state index in [1.165, 1.54) is 5.56 Å². The van der Waals surface area contributed by atoms with Crippen molar-refractivity contribution >= 4 is 11.5 Å². The second-order valence-corrected chi connectivity index (χ2v) is 7.06. The van der Waals surface area contributed by atoms with Gasteiger partial charge in [0.15, 0.2) is 0 Å². The summed E-state index contributed by atoms with van der Waals surface area (Å²) in [6.45, 7) is 4.96. The van der Waals surface area contributed by atoms with Crippen LogP contribution in [0.3, 0.4) is 0 Å². The SMILES string of the molecule is Cc1ccccc1/C(=C/OCCN1CCC[C@@H](C(=O)O)C1)c1ccccc1. The molecular formula is C23H27NO3. The van der Waals surface area contributed by atoms with E-state index >= 15 is 0 Å². The summed E-state index contributed by atoms with van der Waals surface area (Å²) in [7, 11) is 0. The number of hydrogen-bond donors (Lipinski definition) is 1. The molecule has 4 nitrogen and oxygen atoms in total. The van der Waals surface area contributed by atoms with Gasteiger partial charge >= 0.3 is 5.97 Å². The number of carboxylic acid groups (broad SMARTS) is 1. The van der Waals surface area contributed by atoms with E-state index in [2.05, 4.69) is 36.1 Å². The second-order valence-electron chi connectivity index (χ2n) is 7.06. The summed E-state index contributed by atoms with van der Waals surface area (Å²) < 4.78 is 5.91. The van der Waals surface area contributed by atoms with E-state index in [-0.39, 0.29) is 5.92 Å². The Balaban J connectivity index is 1.66. The normalized spacial score (nSPS) is 18.3. The Hall–Kier alpha value is -2.59. The Kier molecular flexibility index (Phi) is 6.66. The van der Waals surface area contributed by atoms with Crippen molar-refractivity contribution < 1.29 is 14.6 Å². The molecule has 1 aliphatic heterocycles. The van der Waals surface area contributed by atoms with Crippen LogP contribution in [0.5, 0.6) is 0 Å². The molecule has 0 radical (unpaired) electrons. The minimum absolute atomic E-state index is 0.249. The fraction of sp³-hybridized carbons (Fsp3) is 0.348. The van der Waals surface area contributed by atoms with E-state index in [0.29, 0.717) is 13.2 Å². The van der Waals surface area contributed by atoms with Crippen LogP contribution in [0.2, 0.25) is 0 Å². The molecule has 3 rings (SSSR count). The van der Waals surface area contributed by atoms with E-state index in [1.807, 2.05) is 36.6 Å². The van der Waals surface area contributed by atoms with Crippen LogP contribution in [0, 0.1) is 12.8 Å². The molecule has 0 amide bonds. The van der Waals surface area contributed by atoms with Crippen LogP contribution in [-0.4, -0.2) is 42.2 Å². The highest BCUT2D eigenvalue weighted by atomic mass is 16.5. The van der Waals surface area contributed by atoms with Crippen molar-refractivity contribution in [2.24, 2.45) is 5.92 Å². The Bertz CT molecular complexity index is 785. The molecule has 1 fully saturated rings. The lowest BCUT2D eigenvalue weighted by Crippen LogP contribution is -2.40. The van der Waals surface area contributed by atoms with E-state index in [4.69, 9.17) is 4.74 Å². The summed E-state index contributed by atoms with van der Waals surface area (Å²) in [4.78, 5) is 13.4. The van der Waals surface area contributed by atoms with Gasteiger partial charge < -0.3 is 9.84 Å². The zero-order valence-corrected chi connectivity index (χ0v) is 15.8. The van der Waals surface area contributed by atoms with Gasteiger partial charge in [-0.25, -0.2) is 0 Å². The van der Waals surface area contributed by atoms with Crippen LogP contribution >= 0.6 is 0 Å². The summed E-state index contributed by atoms with van der Waals surface area (Å²) in [6.07, 6.45) is 3.56. The first kappa shape index (κ1) is 19.2. The minimum Gasteiger partial charge on any atom is -0.499 e.